The maximum atomic E-state index is 13.2. The summed E-state index contributed by atoms with van der Waals surface area (Å²) in [5, 5.41) is 46.2. The van der Waals surface area contributed by atoms with Gasteiger partial charge in [0.2, 0.25) is 0 Å². The molecule has 0 radical (unpaired) electrons. The van der Waals surface area contributed by atoms with Crippen LogP contribution in [0.3, 0.4) is 0 Å². The molecule has 0 spiro atoms. The Bertz CT molecular complexity index is 1390. The van der Waals surface area contributed by atoms with Crippen LogP contribution in [0.25, 0.3) is 0 Å². The number of nitrogens with one attached hydrogen (secondary N) is 3. The van der Waals surface area contributed by atoms with Crippen LogP contribution >= 0.6 is 0 Å². The van der Waals surface area contributed by atoms with E-state index in [1.165, 1.54) is 77.0 Å². The number of amides is 2. The maximum absolute atomic E-state index is 13.2. The largest absolute Gasteiger partial charge is 0.439 e. The molecule has 0 aromatic carbocycles. The first-order chi connectivity index (χ1) is 28.1. The van der Waals surface area contributed by atoms with Crippen molar-refractivity contribution < 1.29 is 53.7 Å². The van der Waals surface area contributed by atoms with Gasteiger partial charge in [-0.1, -0.05) is 129 Å². The third kappa shape index (κ3) is 17.3. The average Bonchev–Trinajstić information content (AvgIpc) is 3.52. The smallest absolute Gasteiger partial charge is 0.407 e. The summed E-state index contributed by atoms with van der Waals surface area (Å²) in [6.45, 7) is 3.87. The van der Waals surface area contributed by atoms with E-state index in [0.717, 1.165) is 55.4 Å². The van der Waals surface area contributed by atoms with E-state index in [2.05, 4.69) is 29.5 Å². The molecule has 2 saturated heterocycles. The second-order valence-electron chi connectivity index (χ2n) is 15.6. The summed E-state index contributed by atoms with van der Waals surface area (Å²) in [6.07, 6.45) is 8.57. The van der Waals surface area contributed by atoms with Gasteiger partial charge in [0.05, 0.1) is 13.2 Å². The highest BCUT2D eigenvalue weighted by Crippen LogP contribution is 2.34. The van der Waals surface area contributed by atoms with Crippen molar-refractivity contribution in [2.45, 2.75) is 198 Å². The number of H-pyrrole nitrogens is 1. The summed E-state index contributed by atoms with van der Waals surface area (Å²) < 4.78 is 30.0. The highest BCUT2D eigenvalue weighted by atomic mass is 16.7. The molecular weight excluding hydrogens is 756 g/mol. The van der Waals surface area contributed by atoms with Crippen LogP contribution in [0.4, 0.5) is 9.59 Å². The van der Waals surface area contributed by atoms with Gasteiger partial charge in [-0.3, -0.25) is 14.3 Å². The summed E-state index contributed by atoms with van der Waals surface area (Å²) >= 11 is 0. The number of unbranched alkanes of at least 4 members (excludes halogenated alkanes) is 18. The molecule has 334 valence electrons. The van der Waals surface area contributed by atoms with Gasteiger partial charge >= 0.3 is 17.9 Å². The van der Waals surface area contributed by atoms with E-state index in [-0.39, 0.29) is 0 Å². The first-order valence-corrected chi connectivity index (χ1v) is 21.9. The Hall–Kier alpha value is -3.06. The van der Waals surface area contributed by atoms with Crippen molar-refractivity contribution in [3.05, 3.63) is 33.1 Å². The van der Waals surface area contributed by atoms with Gasteiger partial charge in [-0.25, -0.2) is 14.4 Å². The molecule has 3 rings (SSSR count). The zero-order chi connectivity index (χ0) is 42.1. The topological polar surface area (TPSA) is 240 Å². The Morgan fingerprint density at radius 2 is 1.16 bits per heavy atom. The summed E-state index contributed by atoms with van der Waals surface area (Å²) in [7, 11) is 0. The Morgan fingerprint density at radius 1 is 0.672 bits per heavy atom. The molecule has 0 bridgehead atoms. The fourth-order valence-corrected chi connectivity index (χ4v) is 7.29. The predicted molar refractivity (Wildman–Crippen MR) is 215 cm³/mol. The summed E-state index contributed by atoms with van der Waals surface area (Å²) in [6, 6.07) is 1.08. The van der Waals surface area contributed by atoms with Gasteiger partial charge < -0.3 is 54.7 Å². The van der Waals surface area contributed by atoms with Crippen LogP contribution in [0.15, 0.2) is 21.9 Å². The van der Waals surface area contributed by atoms with Gasteiger partial charge in [0.25, 0.3) is 5.56 Å². The second kappa shape index (κ2) is 28.4. The fraction of sp³-hybridized carbons (Fsp3) is 0.854. The molecule has 3 heterocycles. The van der Waals surface area contributed by atoms with Gasteiger partial charge in [-0.05, 0) is 12.8 Å². The number of aliphatic hydroxyl groups excluding tert-OH is 4. The van der Waals surface area contributed by atoms with Gasteiger partial charge in [-0.15, -0.1) is 0 Å². The summed E-state index contributed by atoms with van der Waals surface area (Å²) in [4.78, 5) is 53.5. The zero-order valence-corrected chi connectivity index (χ0v) is 34.7. The maximum Gasteiger partial charge on any atom is 0.407 e. The third-order valence-corrected chi connectivity index (χ3v) is 10.8. The number of alkyl carbamates (subject to hydrolysis) is 2. The zero-order valence-electron chi connectivity index (χ0n) is 34.7. The molecule has 2 aliphatic rings. The lowest BCUT2D eigenvalue weighted by Crippen LogP contribution is -2.59. The Labute approximate surface area is 342 Å². The van der Waals surface area contributed by atoms with Crippen LogP contribution in [0.1, 0.15) is 148 Å². The van der Waals surface area contributed by atoms with E-state index >= 15 is 0 Å². The minimum Gasteiger partial charge on any atom is -0.439 e. The van der Waals surface area contributed by atoms with Crippen molar-refractivity contribution in [1.29, 1.82) is 0 Å². The van der Waals surface area contributed by atoms with Crippen molar-refractivity contribution in [1.82, 2.24) is 20.2 Å². The van der Waals surface area contributed by atoms with Gasteiger partial charge in [0, 0.05) is 25.4 Å². The van der Waals surface area contributed by atoms with Crippen molar-refractivity contribution in [2.24, 2.45) is 0 Å². The number of rotatable bonds is 29. The van der Waals surface area contributed by atoms with E-state index in [1.807, 2.05) is 0 Å². The number of aromatic amines is 1. The third-order valence-electron chi connectivity index (χ3n) is 10.8. The first kappa shape index (κ1) is 49.3. The Morgan fingerprint density at radius 3 is 1.64 bits per heavy atom. The average molecular weight is 829 g/mol. The Balaban J connectivity index is 1.67. The Kier molecular flexibility index (Phi) is 24.2. The van der Waals surface area contributed by atoms with Crippen molar-refractivity contribution in [3.8, 4) is 0 Å². The van der Waals surface area contributed by atoms with Gasteiger partial charge in [-0.2, -0.15) is 0 Å². The summed E-state index contributed by atoms with van der Waals surface area (Å²) in [5.41, 5.74) is -1.55. The highest BCUT2D eigenvalue weighted by Gasteiger charge is 2.52. The number of hydrogen-bond donors (Lipinski definition) is 7. The number of aromatic nitrogens is 2. The van der Waals surface area contributed by atoms with Crippen LogP contribution in [-0.4, -0.2) is 117 Å². The fourth-order valence-electron chi connectivity index (χ4n) is 7.29. The van der Waals surface area contributed by atoms with Crippen molar-refractivity contribution in [3.63, 3.8) is 0 Å². The van der Waals surface area contributed by atoms with E-state index in [4.69, 9.17) is 23.7 Å². The van der Waals surface area contributed by atoms with Crippen LogP contribution < -0.4 is 21.9 Å². The lowest BCUT2D eigenvalue weighted by molar-refractivity contribution is -0.306. The van der Waals surface area contributed by atoms with E-state index in [0.29, 0.717) is 25.9 Å². The quantitative estimate of drug-likeness (QED) is 0.0559. The molecule has 58 heavy (non-hydrogen) atoms. The molecule has 2 amide bonds. The van der Waals surface area contributed by atoms with Crippen LogP contribution in [-0.2, 0) is 23.7 Å². The molecule has 2 aliphatic heterocycles. The number of nitrogens with zero attached hydrogens (tertiary/aromatic N) is 1. The van der Waals surface area contributed by atoms with E-state index < -0.39 is 91.9 Å². The molecule has 2 fully saturated rings. The molecule has 9 atom stereocenters. The lowest BCUT2D eigenvalue weighted by Gasteiger charge is -2.39. The minimum absolute atomic E-state index is 0.320. The normalized spacial score (nSPS) is 25.7. The number of ether oxygens (including phenoxy) is 5. The minimum atomic E-state index is -1.73. The molecule has 1 aromatic rings. The first-order valence-electron chi connectivity index (χ1n) is 21.9. The molecule has 1 aromatic heterocycles. The monoisotopic (exact) mass is 829 g/mol. The molecule has 7 N–H and O–H groups in total. The number of carbonyl (C=O) groups excluding carboxylic acids is 2. The van der Waals surface area contributed by atoms with E-state index in [9.17, 15) is 39.6 Å². The molecular formula is C41H72N4O13. The van der Waals surface area contributed by atoms with Crippen molar-refractivity contribution in [2.75, 3.05) is 26.3 Å². The molecule has 17 heteroatoms. The van der Waals surface area contributed by atoms with Crippen LogP contribution in [0, 0.1) is 0 Å². The van der Waals surface area contributed by atoms with Crippen LogP contribution in [0.5, 0.6) is 0 Å². The molecule has 3 unspecified atom stereocenters. The number of hydrogen-bond acceptors (Lipinski definition) is 13. The second-order valence-corrected chi connectivity index (χ2v) is 15.6. The summed E-state index contributed by atoms with van der Waals surface area (Å²) in [5.74, 6) is 0. The number of carbonyl (C=O) groups is 2. The van der Waals surface area contributed by atoms with Gasteiger partial charge in [0.15, 0.2) is 24.7 Å². The molecule has 17 nitrogen and oxygen atoms in total. The van der Waals surface area contributed by atoms with E-state index in [1.54, 1.807) is 0 Å². The SMILES string of the molecule is CCCCCCCCCCCCNC(=O)OC1[C@@H](CO[C@@H]2OC(CO)[C@@H](O)C(O)[C@@H]2O)O[C@@H](n2ccc(=O)[nH]c2=O)[C@H]1OC(=O)NCCCCCCCCCCCC. The molecule has 0 saturated carbocycles. The predicted octanol–water partition coefficient (Wildman–Crippen LogP) is 4.28. The highest BCUT2D eigenvalue weighted by molar-refractivity contribution is 5.68. The van der Waals surface area contributed by atoms with Gasteiger partial charge in [0.1, 0.15) is 30.5 Å². The standard InChI is InChI=1S/C41H72N4O13/c1-3-5-7-9-11-13-15-17-19-21-24-42-40(52)57-35-30(28-54-38-34(50)33(49)32(48)29(27-46)56-38)55-37(45-26-23-31(47)44-39(45)51)36(35)58-41(53)43-25-22-20-18-16-14-12-10-8-6-4-2/h23,26,29-30,32-38,46,48-50H,3-22,24-25,27-28H2,1-2H3,(H,42,52)(H,43,53)(H,44,47,51)/t29?,30-,32-,33?,34+,35?,36+,37-,38-/m1/s1. The lowest BCUT2D eigenvalue weighted by atomic mass is 9.99. The van der Waals surface area contributed by atoms with Crippen molar-refractivity contribution >= 4 is 12.2 Å². The van der Waals surface area contributed by atoms with Crippen LogP contribution in [0.2, 0.25) is 0 Å². The molecule has 0 aliphatic carbocycles. The number of aliphatic hydroxyl groups is 4.